The number of esters is 1. The summed E-state index contributed by atoms with van der Waals surface area (Å²) in [7, 11) is 0. The average Bonchev–Trinajstić information content (AvgIpc) is 2.61. The Labute approximate surface area is 101 Å². The number of nitrogens with two attached hydrogens (primary N) is 1. The van der Waals surface area contributed by atoms with E-state index in [-0.39, 0.29) is 12.5 Å². The predicted molar refractivity (Wildman–Crippen MR) is 57.7 cm³/mol. The van der Waals surface area contributed by atoms with E-state index in [0.717, 1.165) is 0 Å². The Morgan fingerprint density at radius 3 is 2.71 bits per heavy atom. The molecule has 0 bridgehead atoms. The van der Waals surface area contributed by atoms with Gasteiger partial charge in [0.25, 0.3) is 5.91 Å². The third-order valence-corrected chi connectivity index (χ3v) is 2.72. The SMILES string of the molecule is NC(=O)NC(=O)COC(=O)CN1CSCC1=O. The van der Waals surface area contributed by atoms with E-state index in [1.807, 2.05) is 0 Å². The summed E-state index contributed by atoms with van der Waals surface area (Å²) < 4.78 is 4.55. The number of amides is 4. The lowest BCUT2D eigenvalue weighted by Gasteiger charge is -2.13. The van der Waals surface area contributed by atoms with Crippen molar-refractivity contribution >= 4 is 35.6 Å². The van der Waals surface area contributed by atoms with E-state index in [0.29, 0.717) is 11.6 Å². The minimum Gasteiger partial charge on any atom is -0.454 e. The van der Waals surface area contributed by atoms with Crippen LogP contribution < -0.4 is 11.1 Å². The third kappa shape index (κ3) is 4.72. The molecule has 0 unspecified atom stereocenters. The third-order valence-electron chi connectivity index (χ3n) is 1.77. The molecule has 1 fully saturated rings. The number of hydrogen-bond acceptors (Lipinski definition) is 6. The molecule has 8 nitrogen and oxygen atoms in total. The van der Waals surface area contributed by atoms with Crippen LogP contribution in [-0.4, -0.2) is 53.5 Å². The maximum Gasteiger partial charge on any atom is 0.326 e. The van der Waals surface area contributed by atoms with Gasteiger partial charge < -0.3 is 15.4 Å². The minimum atomic E-state index is -1.02. The van der Waals surface area contributed by atoms with E-state index in [9.17, 15) is 19.2 Å². The summed E-state index contributed by atoms with van der Waals surface area (Å²) in [5.41, 5.74) is 4.68. The molecule has 9 heteroatoms. The molecule has 1 aliphatic heterocycles. The Morgan fingerprint density at radius 2 is 2.18 bits per heavy atom. The number of urea groups is 1. The van der Waals surface area contributed by atoms with Crippen molar-refractivity contribution in [2.24, 2.45) is 5.73 Å². The molecule has 1 rings (SSSR count). The second-order valence-electron chi connectivity index (χ2n) is 3.14. The molecular weight excluding hydrogens is 250 g/mol. The van der Waals surface area contributed by atoms with Gasteiger partial charge in [0, 0.05) is 0 Å². The number of hydrogen-bond donors (Lipinski definition) is 2. The molecule has 17 heavy (non-hydrogen) atoms. The van der Waals surface area contributed by atoms with Gasteiger partial charge in [0.2, 0.25) is 5.91 Å². The lowest BCUT2D eigenvalue weighted by atomic mass is 10.5. The van der Waals surface area contributed by atoms with Crippen LogP contribution in [0.5, 0.6) is 0 Å². The summed E-state index contributed by atoms with van der Waals surface area (Å²) >= 11 is 1.39. The molecule has 94 valence electrons. The number of thioether (sulfide) groups is 1. The molecule has 0 aromatic rings. The summed E-state index contributed by atoms with van der Waals surface area (Å²) in [4.78, 5) is 44.8. The van der Waals surface area contributed by atoms with Crippen LogP contribution in [0.15, 0.2) is 0 Å². The summed E-state index contributed by atoms with van der Waals surface area (Å²) in [6.07, 6.45) is 0. The van der Waals surface area contributed by atoms with Gasteiger partial charge in [-0.15, -0.1) is 11.8 Å². The Balaban J connectivity index is 2.23. The molecule has 3 N–H and O–H groups in total. The monoisotopic (exact) mass is 261 g/mol. The van der Waals surface area contributed by atoms with Crippen molar-refractivity contribution in [2.45, 2.75) is 0 Å². The van der Waals surface area contributed by atoms with Crippen LogP contribution >= 0.6 is 11.8 Å². The fourth-order valence-corrected chi connectivity index (χ4v) is 1.97. The van der Waals surface area contributed by atoms with Crippen molar-refractivity contribution in [1.82, 2.24) is 10.2 Å². The Morgan fingerprint density at radius 1 is 1.47 bits per heavy atom. The minimum absolute atomic E-state index is 0.145. The number of carbonyl (C=O) groups excluding carboxylic acids is 4. The molecule has 1 saturated heterocycles. The fourth-order valence-electron chi connectivity index (χ4n) is 1.06. The highest BCUT2D eigenvalue weighted by Crippen LogP contribution is 2.14. The van der Waals surface area contributed by atoms with E-state index < -0.39 is 24.5 Å². The zero-order valence-electron chi connectivity index (χ0n) is 8.80. The molecule has 4 amide bonds. The number of carbonyl (C=O) groups is 4. The van der Waals surface area contributed by atoms with Crippen molar-refractivity contribution in [2.75, 3.05) is 24.8 Å². The van der Waals surface area contributed by atoms with Crippen molar-refractivity contribution < 1.29 is 23.9 Å². The molecule has 1 aliphatic rings. The first kappa shape index (κ1) is 13.3. The fraction of sp³-hybridized carbons (Fsp3) is 0.500. The second-order valence-corrected chi connectivity index (χ2v) is 4.10. The second kappa shape index (κ2) is 6.09. The van der Waals surface area contributed by atoms with Gasteiger partial charge in [0.1, 0.15) is 6.54 Å². The number of rotatable bonds is 4. The first-order chi connectivity index (χ1) is 7.99. The van der Waals surface area contributed by atoms with Crippen molar-refractivity contribution in [3.8, 4) is 0 Å². The van der Waals surface area contributed by atoms with Crippen molar-refractivity contribution in [3.63, 3.8) is 0 Å². The van der Waals surface area contributed by atoms with Crippen LogP contribution in [0.25, 0.3) is 0 Å². The molecule has 0 atom stereocenters. The summed E-state index contributed by atoms with van der Waals surface area (Å²) in [6, 6.07) is -1.02. The zero-order chi connectivity index (χ0) is 12.8. The standard InChI is InChI=1S/C8H11N3O5S/c9-8(15)10-5(12)2-16-7(14)1-11-4-17-3-6(11)13/h1-4H2,(H3,9,10,12,15). The van der Waals surface area contributed by atoms with Crippen LogP contribution in [0.1, 0.15) is 0 Å². The number of primary amides is 1. The highest BCUT2D eigenvalue weighted by atomic mass is 32.2. The molecule has 0 saturated carbocycles. The lowest BCUT2D eigenvalue weighted by molar-refractivity contribution is -0.151. The largest absolute Gasteiger partial charge is 0.454 e. The van der Waals surface area contributed by atoms with Crippen LogP contribution in [0.4, 0.5) is 4.79 Å². The molecule has 0 aromatic heterocycles. The maximum absolute atomic E-state index is 11.2. The van der Waals surface area contributed by atoms with Crippen molar-refractivity contribution in [1.29, 1.82) is 0 Å². The number of nitrogens with one attached hydrogen (secondary N) is 1. The predicted octanol–water partition coefficient (Wildman–Crippen LogP) is -1.74. The topological polar surface area (TPSA) is 119 Å². The number of nitrogens with zero attached hydrogens (tertiary/aromatic N) is 1. The van der Waals surface area contributed by atoms with E-state index in [1.165, 1.54) is 16.7 Å². The van der Waals surface area contributed by atoms with Gasteiger partial charge in [0.15, 0.2) is 6.61 Å². The van der Waals surface area contributed by atoms with Crippen molar-refractivity contribution in [3.05, 3.63) is 0 Å². The first-order valence-corrected chi connectivity index (χ1v) is 5.75. The Bertz CT molecular complexity index is 359. The number of ether oxygens (including phenoxy) is 1. The van der Waals surface area contributed by atoms with Gasteiger partial charge in [-0.05, 0) is 0 Å². The van der Waals surface area contributed by atoms with Gasteiger partial charge in [-0.3, -0.25) is 19.7 Å². The normalized spacial score (nSPS) is 14.6. The van der Waals surface area contributed by atoms with Gasteiger partial charge in [-0.1, -0.05) is 0 Å². The van der Waals surface area contributed by atoms with E-state index >= 15 is 0 Å². The zero-order valence-corrected chi connectivity index (χ0v) is 9.62. The van der Waals surface area contributed by atoms with Crippen LogP contribution in [0.2, 0.25) is 0 Å². The molecular formula is C8H11N3O5S. The Hall–Kier alpha value is -1.77. The van der Waals surface area contributed by atoms with Crippen LogP contribution in [0, 0.1) is 0 Å². The van der Waals surface area contributed by atoms with E-state index in [4.69, 9.17) is 0 Å². The van der Waals surface area contributed by atoms with Gasteiger partial charge in [-0.25, -0.2) is 4.79 Å². The number of imide groups is 1. The molecule has 0 aromatic carbocycles. The molecule has 0 aliphatic carbocycles. The van der Waals surface area contributed by atoms with Gasteiger partial charge >= 0.3 is 12.0 Å². The van der Waals surface area contributed by atoms with Gasteiger partial charge in [0.05, 0.1) is 11.6 Å². The summed E-state index contributed by atoms with van der Waals surface area (Å²) in [6.45, 7) is -0.799. The molecule has 1 heterocycles. The lowest BCUT2D eigenvalue weighted by Crippen LogP contribution is -2.39. The van der Waals surface area contributed by atoms with E-state index in [1.54, 1.807) is 5.32 Å². The van der Waals surface area contributed by atoms with Crippen LogP contribution in [0.3, 0.4) is 0 Å². The maximum atomic E-state index is 11.2. The van der Waals surface area contributed by atoms with E-state index in [2.05, 4.69) is 10.5 Å². The quantitative estimate of drug-likeness (QED) is 0.580. The summed E-state index contributed by atoms with van der Waals surface area (Å²) in [5.74, 6) is -0.890. The average molecular weight is 261 g/mol. The Kier molecular flexibility index (Phi) is 4.76. The first-order valence-electron chi connectivity index (χ1n) is 4.59. The molecule has 0 spiro atoms. The van der Waals surface area contributed by atoms with Gasteiger partial charge in [-0.2, -0.15) is 0 Å². The smallest absolute Gasteiger partial charge is 0.326 e. The highest BCUT2D eigenvalue weighted by Gasteiger charge is 2.23. The highest BCUT2D eigenvalue weighted by molar-refractivity contribution is 8.00. The summed E-state index contributed by atoms with van der Waals surface area (Å²) in [5, 5.41) is 1.74. The molecule has 0 radical (unpaired) electrons. The van der Waals surface area contributed by atoms with Crippen LogP contribution in [-0.2, 0) is 19.1 Å².